The number of benzene rings is 1. The topological polar surface area (TPSA) is 51.2 Å². The zero-order valence-corrected chi connectivity index (χ0v) is 17.5. The molecule has 154 valence electrons. The molecule has 1 aromatic rings. The molecule has 6 rings (SSSR count). The molecule has 0 N–H and O–H groups in total. The van der Waals surface area contributed by atoms with Crippen molar-refractivity contribution < 1.29 is 19.0 Å². The zero-order chi connectivity index (χ0) is 20.2. The van der Waals surface area contributed by atoms with Crippen LogP contribution in [0.1, 0.15) is 25.3 Å². The van der Waals surface area contributed by atoms with E-state index in [1.807, 2.05) is 6.07 Å². The fraction of sp³-hybridized carbons (Fsp3) is 0.609. The van der Waals surface area contributed by atoms with Gasteiger partial charge < -0.3 is 19.1 Å². The molecule has 6 nitrogen and oxygen atoms in total. The number of likely N-dealkylation sites (N-methyl/N-ethyl adjacent to an activating group) is 1. The molecule has 4 fully saturated rings. The average Bonchev–Trinajstić information content (AvgIpc) is 3.14. The third-order valence-electron chi connectivity index (χ3n) is 8.89. The van der Waals surface area contributed by atoms with Crippen molar-refractivity contribution in [1.82, 2.24) is 4.90 Å². The quantitative estimate of drug-likeness (QED) is 0.565. The molecule has 4 aliphatic heterocycles. The number of allylic oxidation sites excluding steroid dienone is 1. The molecule has 5 atom stereocenters. The predicted molar refractivity (Wildman–Crippen MR) is 108 cm³/mol. The molecule has 0 unspecified atom stereocenters. The highest BCUT2D eigenvalue weighted by atomic mass is 16.6. The lowest BCUT2D eigenvalue weighted by Gasteiger charge is -2.66. The monoisotopic (exact) mass is 396 g/mol. The third-order valence-corrected chi connectivity index (χ3v) is 8.89. The van der Waals surface area contributed by atoms with Gasteiger partial charge in [-0.25, -0.2) is 0 Å². The number of fused-ring (bicyclic) bond motifs is 3. The Kier molecular flexibility index (Phi) is 3.28. The van der Waals surface area contributed by atoms with Crippen molar-refractivity contribution >= 4 is 11.7 Å². The number of piperidine rings is 2. The lowest BCUT2D eigenvalue weighted by atomic mass is 9.43. The first kappa shape index (κ1) is 17.8. The Bertz CT molecular complexity index is 960. The lowest BCUT2D eigenvalue weighted by molar-refractivity contribution is -0.184. The number of methoxy groups -OCH3 is 2. The minimum absolute atomic E-state index is 0.124. The van der Waals surface area contributed by atoms with Crippen molar-refractivity contribution in [2.24, 2.45) is 11.3 Å². The molecule has 0 aromatic heterocycles. The van der Waals surface area contributed by atoms with Crippen LogP contribution in [0.25, 0.3) is 0 Å². The number of rotatable bonds is 2. The van der Waals surface area contributed by atoms with Crippen LogP contribution in [0.4, 0.5) is 5.69 Å². The zero-order valence-electron chi connectivity index (χ0n) is 17.5. The van der Waals surface area contributed by atoms with Crippen LogP contribution in [-0.4, -0.2) is 63.6 Å². The van der Waals surface area contributed by atoms with Crippen molar-refractivity contribution in [2.75, 3.05) is 45.9 Å². The second-order valence-electron chi connectivity index (χ2n) is 9.18. The Morgan fingerprint density at radius 1 is 1.34 bits per heavy atom. The van der Waals surface area contributed by atoms with Gasteiger partial charge >= 0.3 is 5.97 Å². The summed E-state index contributed by atoms with van der Waals surface area (Å²) in [5.41, 5.74) is 2.00. The smallest absolute Gasteiger partial charge is 0.315 e. The molecule has 5 bridgehead atoms. The Morgan fingerprint density at radius 3 is 2.90 bits per heavy atom. The number of hydrogen-bond donors (Lipinski definition) is 0. The molecule has 6 heteroatoms. The van der Waals surface area contributed by atoms with E-state index in [9.17, 15) is 4.79 Å². The van der Waals surface area contributed by atoms with E-state index in [0.717, 1.165) is 37.4 Å². The summed E-state index contributed by atoms with van der Waals surface area (Å²) < 4.78 is 18.0. The van der Waals surface area contributed by atoms with Gasteiger partial charge in [0.25, 0.3) is 0 Å². The first-order chi connectivity index (χ1) is 14.0. The first-order valence-corrected chi connectivity index (χ1v) is 10.6. The SMILES string of the molecule is C/C=C1/CN2CC[C@@]34c5cc(OC)ccc5N(C)[C@]35OC[C@@]4(C(=O)OC)[C@H]1C[C@H]25. The summed E-state index contributed by atoms with van der Waals surface area (Å²) in [4.78, 5) is 18.6. The highest BCUT2D eigenvalue weighted by molar-refractivity contribution is 5.86. The molecule has 0 spiro atoms. The van der Waals surface area contributed by atoms with Gasteiger partial charge in [0.1, 0.15) is 11.2 Å². The van der Waals surface area contributed by atoms with Crippen molar-refractivity contribution in [3.05, 3.63) is 35.4 Å². The van der Waals surface area contributed by atoms with Crippen LogP contribution in [0, 0.1) is 11.3 Å². The highest BCUT2D eigenvalue weighted by Gasteiger charge is 2.86. The van der Waals surface area contributed by atoms with Gasteiger partial charge in [0, 0.05) is 31.7 Å². The van der Waals surface area contributed by atoms with E-state index in [1.54, 1.807) is 7.11 Å². The average molecular weight is 396 g/mol. The van der Waals surface area contributed by atoms with Crippen LogP contribution in [-0.2, 0) is 19.7 Å². The molecule has 1 saturated carbocycles. The normalized spacial score (nSPS) is 42.8. The fourth-order valence-electron chi connectivity index (χ4n) is 7.90. The molecule has 29 heavy (non-hydrogen) atoms. The first-order valence-electron chi connectivity index (χ1n) is 10.6. The molecule has 4 heterocycles. The number of carbonyl (C=O) groups is 1. The van der Waals surface area contributed by atoms with Crippen LogP contribution in [0.5, 0.6) is 5.75 Å². The van der Waals surface area contributed by atoms with Crippen molar-refractivity contribution in [2.45, 2.75) is 36.9 Å². The Labute approximate surface area is 171 Å². The minimum Gasteiger partial charge on any atom is -0.497 e. The molecule has 0 radical (unpaired) electrons. The molecule has 0 amide bonds. The maximum absolute atomic E-state index is 13.7. The summed E-state index contributed by atoms with van der Waals surface area (Å²) in [7, 11) is 5.36. The van der Waals surface area contributed by atoms with Crippen molar-refractivity contribution in [3.63, 3.8) is 0 Å². The second kappa shape index (κ2) is 5.35. The number of nitrogens with zero attached hydrogens (tertiary/aromatic N) is 2. The summed E-state index contributed by atoms with van der Waals surface area (Å²) in [5.74, 6) is 0.844. The van der Waals surface area contributed by atoms with E-state index in [1.165, 1.54) is 18.2 Å². The van der Waals surface area contributed by atoms with Gasteiger partial charge in [-0.1, -0.05) is 11.6 Å². The van der Waals surface area contributed by atoms with Gasteiger partial charge in [-0.15, -0.1) is 0 Å². The number of ether oxygens (including phenoxy) is 3. The number of carbonyl (C=O) groups excluding carboxylic acids is 1. The molecular weight excluding hydrogens is 368 g/mol. The van der Waals surface area contributed by atoms with Gasteiger partial charge in [0.2, 0.25) is 0 Å². The minimum atomic E-state index is -0.710. The molecule has 1 aromatic carbocycles. The van der Waals surface area contributed by atoms with Gasteiger partial charge in [0.15, 0.2) is 5.72 Å². The summed E-state index contributed by atoms with van der Waals surface area (Å²) in [6.45, 7) is 4.39. The van der Waals surface area contributed by atoms with Crippen LogP contribution in [0.15, 0.2) is 29.8 Å². The number of hydrogen-bond acceptors (Lipinski definition) is 6. The van der Waals surface area contributed by atoms with E-state index in [2.05, 4.69) is 42.0 Å². The Balaban J connectivity index is 1.73. The van der Waals surface area contributed by atoms with Crippen LogP contribution < -0.4 is 9.64 Å². The van der Waals surface area contributed by atoms with Crippen LogP contribution in [0.2, 0.25) is 0 Å². The lowest BCUT2D eigenvalue weighted by Crippen LogP contribution is -2.80. The van der Waals surface area contributed by atoms with E-state index < -0.39 is 16.6 Å². The third kappa shape index (κ3) is 1.55. The van der Waals surface area contributed by atoms with Crippen molar-refractivity contribution in [3.8, 4) is 5.75 Å². The van der Waals surface area contributed by atoms with Gasteiger partial charge in [-0.2, -0.15) is 0 Å². The van der Waals surface area contributed by atoms with Gasteiger partial charge in [-0.3, -0.25) is 9.69 Å². The van der Waals surface area contributed by atoms with Crippen LogP contribution >= 0.6 is 0 Å². The number of esters is 1. The van der Waals surface area contributed by atoms with E-state index in [-0.39, 0.29) is 17.9 Å². The molecular formula is C23H28N2O4. The molecule has 3 saturated heterocycles. The summed E-state index contributed by atoms with van der Waals surface area (Å²) in [5, 5.41) is 0. The summed E-state index contributed by atoms with van der Waals surface area (Å²) in [6.07, 6.45) is 4.04. The highest BCUT2D eigenvalue weighted by Crippen LogP contribution is 2.76. The Hall–Kier alpha value is -2.05. The van der Waals surface area contributed by atoms with Gasteiger partial charge in [0.05, 0.1) is 32.3 Å². The maximum Gasteiger partial charge on any atom is 0.315 e. The standard InChI is InChI=1S/C23H28N2O4/c1-5-14-12-25-9-8-22-17-10-15(27-3)6-7-18(17)24(2)23(22)19(25)11-16(14)21(22,13-29-23)20(26)28-4/h5-7,10,16,19H,8-9,11-13H2,1-4H3/b14-5-/t16-,19-,21-,22-,23+/m0/s1. The Morgan fingerprint density at radius 2 is 2.17 bits per heavy atom. The number of anilines is 1. The second-order valence-corrected chi connectivity index (χ2v) is 9.18. The molecule has 1 aliphatic carbocycles. The molecule has 5 aliphatic rings. The van der Waals surface area contributed by atoms with E-state index >= 15 is 0 Å². The van der Waals surface area contributed by atoms with E-state index in [0.29, 0.717) is 6.61 Å². The predicted octanol–water partition coefficient (Wildman–Crippen LogP) is 2.32. The van der Waals surface area contributed by atoms with Crippen LogP contribution in [0.3, 0.4) is 0 Å². The van der Waals surface area contributed by atoms with Gasteiger partial charge in [-0.05, 0) is 43.5 Å². The fourth-order valence-corrected chi connectivity index (χ4v) is 7.90. The van der Waals surface area contributed by atoms with E-state index in [4.69, 9.17) is 14.2 Å². The summed E-state index contributed by atoms with van der Waals surface area (Å²) in [6, 6.07) is 6.54. The summed E-state index contributed by atoms with van der Waals surface area (Å²) >= 11 is 0. The van der Waals surface area contributed by atoms with Crippen molar-refractivity contribution in [1.29, 1.82) is 0 Å². The maximum atomic E-state index is 13.7. The largest absolute Gasteiger partial charge is 0.497 e.